The molecule has 3 N–H and O–H groups in total. The lowest BCUT2D eigenvalue weighted by molar-refractivity contribution is -0.161. The van der Waals surface area contributed by atoms with E-state index < -0.39 is 53.2 Å². The van der Waals surface area contributed by atoms with Crippen molar-refractivity contribution in [3.63, 3.8) is 0 Å². The molecule has 0 aliphatic heterocycles. The van der Waals surface area contributed by atoms with Crippen molar-refractivity contribution in [2.75, 3.05) is 0 Å². The summed E-state index contributed by atoms with van der Waals surface area (Å²) >= 11 is 0. The summed E-state index contributed by atoms with van der Waals surface area (Å²) < 4.78 is 56.9. The van der Waals surface area contributed by atoms with Crippen LogP contribution in [0.2, 0.25) is 0 Å². The number of carbonyl (C=O) groups is 2. The molecule has 2 saturated carbocycles. The highest BCUT2D eigenvalue weighted by Gasteiger charge is 2.51. The number of benzene rings is 2. The van der Waals surface area contributed by atoms with Gasteiger partial charge in [0.1, 0.15) is 17.2 Å². The first-order valence-corrected chi connectivity index (χ1v) is 12.4. The Morgan fingerprint density at radius 2 is 1.50 bits per heavy atom. The molecule has 202 valence electrons. The number of amides is 1. The molecule has 10 heteroatoms. The summed E-state index contributed by atoms with van der Waals surface area (Å²) in [7, 11) is 0. The number of alkyl halides is 4. The molecule has 0 radical (unpaired) electrons. The molecule has 1 amide bonds. The number of hydrogen-bond acceptors (Lipinski definition) is 4. The summed E-state index contributed by atoms with van der Waals surface area (Å²) in [6.45, 7) is 2.35. The largest absolute Gasteiger partial charge is 0.481 e. The van der Waals surface area contributed by atoms with Crippen molar-refractivity contribution >= 4 is 11.9 Å². The number of nitriles is 1. The van der Waals surface area contributed by atoms with Crippen LogP contribution in [-0.2, 0) is 15.0 Å². The second-order valence-corrected chi connectivity index (χ2v) is 10.9. The molecule has 2 aliphatic rings. The second kappa shape index (κ2) is 9.70. The van der Waals surface area contributed by atoms with Crippen LogP contribution in [0.4, 0.5) is 17.6 Å². The number of nitrogens with zero attached hydrogens (tertiary/aromatic N) is 1. The minimum Gasteiger partial charge on any atom is -0.481 e. The Labute approximate surface area is 218 Å². The summed E-state index contributed by atoms with van der Waals surface area (Å²) in [6.07, 6.45) is -3.39. The minimum atomic E-state index is -4.79. The van der Waals surface area contributed by atoms with E-state index in [4.69, 9.17) is 0 Å². The SMILES string of the molecule is CC(C)(F)CC(NC(c1ccc(-c2ccc(C3(C(=O)O)CC3)cc2)cc1)C(F)(F)F)C(=O)NC1(C#N)CC1. The smallest absolute Gasteiger partial charge is 0.407 e. The monoisotopic (exact) mass is 531 g/mol. The van der Waals surface area contributed by atoms with Crippen LogP contribution in [0.5, 0.6) is 0 Å². The molecular formula is C28H29F4N3O3. The van der Waals surface area contributed by atoms with E-state index in [0.717, 1.165) is 0 Å². The third-order valence-electron chi connectivity index (χ3n) is 7.20. The van der Waals surface area contributed by atoms with Crippen LogP contribution in [0.1, 0.15) is 63.1 Å². The maximum Gasteiger partial charge on any atom is 0.407 e. The van der Waals surface area contributed by atoms with Gasteiger partial charge in [0.25, 0.3) is 0 Å². The van der Waals surface area contributed by atoms with Gasteiger partial charge in [-0.25, -0.2) is 4.39 Å². The highest BCUT2D eigenvalue weighted by molar-refractivity contribution is 5.85. The lowest BCUT2D eigenvalue weighted by atomic mass is 9.93. The summed E-state index contributed by atoms with van der Waals surface area (Å²) in [4.78, 5) is 24.4. The number of hydrogen-bond donors (Lipinski definition) is 3. The molecule has 2 aromatic carbocycles. The van der Waals surface area contributed by atoms with Crippen molar-refractivity contribution in [1.29, 1.82) is 5.26 Å². The van der Waals surface area contributed by atoms with E-state index in [9.17, 15) is 37.5 Å². The molecule has 0 aromatic heterocycles. The Bertz CT molecular complexity index is 1240. The van der Waals surface area contributed by atoms with E-state index in [2.05, 4.69) is 10.6 Å². The van der Waals surface area contributed by atoms with Gasteiger partial charge >= 0.3 is 12.1 Å². The van der Waals surface area contributed by atoms with Crippen molar-refractivity contribution in [1.82, 2.24) is 10.6 Å². The van der Waals surface area contributed by atoms with Crippen LogP contribution in [0, 0.1) is 11.3 Å². The predicted octanol–water partition coefficient (Wildman–Crippen LogP) is 5.34. The highest BCUT2D eigenvalue weighted by Crippen LogP contribution is 2.48. The second-order valence-electron chi connectivity index (χ2n) is 10.9. The summed E-state index contributed by atoms with van der Waals surface area (Å²) in [5, 5.41) is 23.5. The molecule has 2 unspecified atom stereocenters. The summed E-state index contributed by atoms with van der Waals surface area (Å²) in [5.74, 6) is -1.72. The van der Waals surface area contributed by atoms with E-state index in [1.165, 1.54) is 38.1 Å². The van der Waals surface area contributed by atoms with Gasteiger partial charge in [-0.1, -0.05) is 48.5 Å². The molecule has 2 aromatic rings. The van der Waals surface area contributed by atoms with Gasteiger partial charge in [-0.3, -0.25) is 14.9 Å². The van der Waals surface area contributed by atoms with Crippen molar-refractivity contribution in [3.05, 3.63) is 59.7 Å². The lowest BCUT2D eigenvalue weighted by Gasteiger charge is -2.30. The Morgan fingerprint density at radius 1 is 0.974 bits per heavy atom. The maximum atomic E-state index is 14.5. The third-order valence-corrected chi connectivity index (χ3v) is 7.20. The van der Waals surface area contributed by atoms with Crippen LogP contribution in [0.15, 0.2) is 48.5 Å². The normalized spacial score (nSPS) is 19.1. The number of nitrogens with one attached hydrogen (secondary N) is 2. The Kier molecular flexibility index (Phi) is 7.04. The molecule has 2 atom stereocenters. The average Bonchev–Trinajstić information content (AvgIpc) is 3.76. The minimum absolute atomic E-state index is 0.156. The number of carboxylic acid groups (broad SMARTS) is 1. The van der Waals surface area contributed by atoms with Crippen molar-refractivity contribution in [2.45, 2.75) is 80.8 Å². The molecule has 6 nitrogen and oxygen atoms in total. The number of halogens is 4. The van der Waals surface area contributed by atoms with Gasteiger partial charge in [0.2, 0.25) is 5.91 Å². The predicted molar refractivity (Wildman–Crippen MR) is 132 cm³/mol. The van der Waals surface area contributed by atoms with Crippen molar-refractivity contribution in [2.24, 2.45) is 0 Å². The zero-order chi connectivity index (χ0) is 27.9. The number of rotatable bonds is 10. The fourth-order valence-electron chi connectivity index (χ4n) is 4.61. The van der Waals surface area contributed by atoms with Crippen LogP contribution in [0.25, 0.3) is 11.1 Å². The van der Waals surface area contributed by atoms with Crippen LogP contribution >= 0.6 is 0 Å². The van der Waals surface area contributed by atoms with Gasteiger partial charge in [0.05, 0.1) is 17.5 Å². The quantitative estimate of drug-likeness (QED) is 0.359. The Morgan fingerprint density at radius 3 is 1.89 bits per heavy atom. The van der Waals surface area contributed by atoms with E-state index in [-0.39, 0.29) is 5.56 Å². The first kappa shape index (κ1) is 27.6. The van der Waals surface area contributed by atoms with Gasteiger partial charge in [0.15, 0.2) is 0 Å². The maximum absolute atomic E-state index is 14.5. The van der Waals surface area contributed by atoms with Crippen molar-refractivity contribution in [3.8, 4) is 17.2 Å². The van der Waals surface area contributed by atoms with Gasteiger partial charge in [-0.15, -0.1) is 0 Å². The van der Waals surface area contributed by atoms with E-state index in [1.807, 2.05) is 6.07 Å². The molecule has 0 heterocycles. The fourth-order valence-corrected chi connectivity index (χ4v) is 4.61. The third kappa shape index (κ3) is 5.99. The fraction of sp³-hybridized carbons (Fsp3) is 0.464. The molecule has 4 rings (SSSR count). The molecule has 0 spiro atoms. The first-order chi connectivity index (χ1) is 17.7. The Hall–Kier alpha value is -3.45. The summed E-state index contributed by atoms with van der Waals surface area (Å²) in [5.41, 5.74) is -2.02. The zero-order valence-electron chi connectivity index (χ0n) is 21.0. The molecule has 0 saturated heterocycles. The number of aliphatic carboxylic acids is 1. The topological polar surface area (TPSA) is 102 Å². The van der Waals surface area contributed by atoms with Crippen LogP contribution < -0.4 is 10.6 Å². The van der Waals surface area contributed by atoms with E-state index >= 15 is 0 Å². The molecule has 0 bridgehead atoms. The van der Waals surface area contributed by atoms with Crippen LogP contribution in [-0.4, -0.2) is 40.4 Å². The summed E-state index contributed by atoms with van der Waals surface area (Å²) in [6, 6.07) is 10.7. The van der Waals surface area contributed by atoms with Gasteiger partial charge < -0.3 is 10.4 Å². The highest BCUT2D eigenvalue weighted by atomic mass is 19.4. The standard InChI is InChI=1S/C28H29F4N3O3/c1-25(2,29)15-21(23(36)35-26(16-33)11-12-26)34-22(28(30,31)32)19-5-3-17(4-6-19)18-7-9-20(10-8-18)27(13-14-27)24(37)38/h3-10,21-22,34H,11-15H2,1-2H3,(H,35,36)(H,37,38). The molecule has 38 heavy (non-hydrogen) atoms. The van der Waals surface area contributed by atoms with Gasteiger partial charge in [-0.05, 0) is 61.8 Å². The number of carboxylic acids is 1. The Balaban J connectivity index is 1.55. The average molecular weight is 532 g/mol. The van der Waals surface area contributed by atoms with Gasteiger partial charge in [-0.2, -0.15) is 18.4 Å². The first-order valence-electron chi connectivity index (χ1n) is 12.4. The molecule has 2 fully saturated rings. The lowest BCUT2D eigenvalue weighted by Crippen LogP contribution is -2.53. The van der Waals surface area contributed by atoms with Crippen LogP contribution in [0.3, 0.4) is 0 Å². The molecule has 2 aliphatic carbocycles. The number of carbonyl (C=O) groups excluding carboxylic acids is 1. The van der Waals surface area contributed by atoms with Crippen molar-refractivity contribution < 1.29 is 32.3 Å². The zero-order valence-corrected chi connectivity index (χ0v) is 21.0. The molecular weight excluding hydrogens is 502 g/mol. The van der Waals surface area contributed by atoms with E-state index in [0.29, 0.717) is 42.4 Å². The van der Waals surface area contributed by atoms with E-state index in [1.54, 1.807) is 24.3 Å². The van der Waals surface area contributed by atoms with Gasteiger partial charge in [0, 0.05) is 6.42 Å².